The molecule has 2 atom stereocenters. The van der Waals surface area contributed by atoms with Crippen molar-refractivity contribution in [3.05, 3.63) is 59.4 Å². The summed E-state index contributed by atoms with van der Waals surface area (Å²) in [5.74, 6) is -4.84. The Labute approximate surface area is 217 Å². The predicted octanol–water partition coefficient (Wildman–Crippen LogP) is 2.95. The fourth-order valence-electron chi connectivity index (χ4n) is 3.50. The van der Waals surface area contributed by atoms with Crippen molar-refractivity contribution in [3.8, 4) is 5.75 Å². The van der Waals surface area contributed by atoms with Crippen LogP contribution in [-0.4, -0.2) is 54.3 Å². The second kappa shape index (κ2) is 13.6. The molecule has 0 radical (unpaired) electrons. The van der Waals surface area contributed by atoms with E-state index in [1.54, 1.807) is 25.1 Å². The molecule has 0 saturated carbocycles. The smallest absolute Gasteiger partial charge is 0.344 e. The number of hydrogen-bond acceptors (Lipinski definition) is 7. The van der Waals surface area contributed by atoms with Gasteiger partial charge in [0.15, 0.2) is 18.2 Å². The molecule has 0 fully saturated rings. The number of ether oxygens (including phenoxy) is 2. The lowest BCUT2D eigenvalue weighted by Gasteiger charge is -2.23. The van der Waals surface area contributed by atoms with Crippen molar-refractivity contribution in [1.29, 1.82) is 0 Å². The van der Waals surface area contributed by atoms with E-state index in [1.165, 1.54) is 12.3 Å². The second-order valence-corrected chi connectivity index (χ2v) is 7.92. The van der Waals surface area contributed by atoms with Gasteiger partial charge in [-0.25, -0.2) is 23.0 Å². The van der Waals surface area contributed by atoms with Gasteiger partial charge in [0.2, 0.25) is 11.8 Å². The van der Waals surface area contributed by atoms with Gasteiger partial charge in [-0.1, -0.05) is 6.07 Å². The van der Waals surface area contributed by atoms with Gasteiger partial charge in [-0.2, -0.15) is 5.10 Å². The largest absolute Gasteiger partial charge is 0.482 e. The average Bonchev–Trinajstić information content (AvgIpc) is 3.32. The molecule has 1 heterocycles. The fraction of sp³-hybridized carbons (Fsp3) is 0.333. The van der Waals surface area contributed by atoms with Crippen LogP contribution in [0.15, 0.2) is 41.5 Å². The summed E-state index contributed by atoms with van der Waals surface area (Å²) < 4.78 is 50.6. The third kappa shape index (κ3) is 8.19. The summed E-state index contributed by atoms with van der Waals surface area (Å²) in [6.45, 7) is 1.61. The molecule has 0 spiro atoms. The van der Waals surface area contributed by atoms with E-state index >= 15 is 0 Å². The third-order valence-corrected chi connectivity index (χ3v) is 5.16. The Morgan fingerprint density at radius 2 is 1.89 bits per heavy atom. The summed E-state index contributed by atoms with van der Waals surface area (Å²) in [6, 6.07) is 5.56. The van der Waals surface area contributed by atoms with Crippen molar-refractivity contribution < 1.29 is 37.0 Å². The molecule has 1 unspecified atom stereocenters. The monoisotopic (exact) mass is 542 g/mol. The Balaban J connectivity index is 0.00000481. The number of nitrogens with two attached hydrogens (primary N) is 1. The number of carbonyl (C=O) groups is 3. The van der Waals surface area contributed by atoms with E-state index in [1.807, 2.05) is 0 Å². The Kier molecular flexibility index (Phi) is 10.9. The third-order valence-electron chi connectivity index (χ3n) is 5.16. The highest BCUT2D eigenvalue weighted by Crippen LogP contribution is 2.21. The van der Waals surface area contributed by atoms with Crippen LogP contribution in [0.25, 0.3) is 0 Å². The molecule has 1 aliphatic heterocycles. The Bertz CT molecular complexity index is 1170. The first-order valence-electron chi connectivity index (χ1n) is 11.1. The van der Waals surface area contributed by atoms with E-state index in [4.69, 9.17) is 15.2 Å². The van der Waals surface area contributed by atoms with Gasteiger partial charge >= 0.3 is 5.97 Å². The normalized spacial score (nSPS) is 15.1. The van der Waals surface area contributed by atoms with Crippen LogP contribution in [0, 0.1) is 17.5 Å². The predicted molar refractivity (Wildman–Crippen MR) is 131 cm³/mol. The van der Waals surface area contributed by atoms with Gasteiger partial charge in [0.25, 0.3) is 0 Å². The van der Waals surface area contributed by atoms with Crippen LogP contribution >= 0.6 is 12.4 Å². The van der Waals surface area contributed by atoms with E-state index in [9.17, 15) is 27.6 Å². The number of carbonyl (C=O) groups excluding carboxylic acids is 3. The zero-order chi connectivity index (χ0) is 26.2. The molecule has 0 bridgehead atoms. The zero-order valence-corrected chi connectivity index (χ0v) is 20.6. The highest BCUT2D eigenvalue weighted by Gasteiger charge is 2.33. The van der Waals surface area contributed by atoms with E-state index < -0.39 is 47.3 Å². The molecule has 13 heteroatoms. The van der Waals surface area contributed by atoms with Gasteiger partial charge in [0.05, 0.1) is 6.61 Å². The molecule has 37 heavy (non-hydrogen) atoms. The summed E-state index contributed by atoms with van der Waals surface area (Å²) in [4.78, 5) is 37.0. The van der Waals surface area contributed by atoms with Crippen LogP contribution in [-0.2, 0) is 25.5 Å². The molecule has 2 aromatic rings. The first-order valence-corrected chi connectivity index (χ1v) is 11.1. The van der Waals surface area contributed by atoms with Crippen molar-refractivity contribution >= 4 is 42.1 Å². The van der Waals surface area contributed by atoms with E-state index in [2.05, 4.69) is 10.4 Å². The van der Waals surface area contributed by atoms with Gasteiger partial charge < -0.3 is 20.5 Å². The lowest BCUT2D eigenvalue weighted by Crippen LogP contribution is -2.43. The SMILES string of the molecule is CCOC(=O)COc1cccc(NC(=O)C2CC=NN2C(=O)C[C@H](N)Cc2cc(F)c(F)cc2F)c1.Cl. The van der Waals surface area contributed by atoms with Gasteiger partial charge in [-0.3, -0.25) is 9.59 Å². The maximum absolute atomic E-state index is 13.9. The number of nitrogens with one attached hydrogen (secondary N) is 1. The molecule has 9 nitrogen and oxygen atoms in total. The molecular weight excluding hydrogens is 517 g/mol. The van der Waals surface area contributed by atoms with Crippen molar-refractivity contribution in [3.63, 3.8) is 0 Å². The second-order valence-electron chi connectivity index (χ2n) is 7.92. The fourth-order valence-corrected chi connectivity index (χ4v) is 3.50. The minimum atomic E-state index is -1.32. The molecule has 2 aromatic carbocycles. The van der Waals surface area contributed by atoms with Crippen molar-refractivity contribution in [2.24, 2.45) is 10.8 Å². The molecule has 200 valence electrons. The molecule has 1 aliphatic rings. The first-order chi connectivity index (χ1) is 17.2. The van der Waals surface area contributed by atoms with Crippen LogP contribution in [0.5, 0.6) is 5.75 Å². The summed E-state index contributed by atoms with van der Waals surface area (Å²) >= 11 is 0. The van der Waals surface area contributed by atoms with E-state index in [-0.39, 0.29) is 50.4 Å². The van der Waals surface area contributed by atoms with Gasteiger partial charge in [0.1, 0.15) is 17.6 Å². The van der Waals surface area contributed by atoms with Crippen LogP contribution < -0.4 is 15.8 Å². The van der Waals surface area contributed by atoms with Crippen LogP contribution in [0.4, 0.5) is 18.9 Å². The summed E-state index contributed by atoms with van der Waals surface area (Å²) in [6.07, 6.45) is 1.03. The van der Waals surface area contributed by atoms with Crippen LogP contribution in [0.2, 0.25) is 0 Å². The highest BCUT2D eigenvalue weighted by molar-refractivity contribution is 5.99. The van der Waals surface area contributed by atoms with Crippen LogP contribution in [0.1, 0.15) is 25.3 Å². The topological polar surface area (TPSA) is 123 Å². The highest BCUT2D eigenvalue weighted by atomic mass is 35.5. The summed E-state index contributed by atoms with van der Waals surface area (Å²) in [5, 5.41) is 7.60. The van der Waals surface area contributed by atoms with Crippen LogP contribution in [0.3, 0.4) is 0 Å². The lowest BCUT2D eigenvalue weighted by molar-refractivity contribution is -0.145. The molecule has 3 N–H and O–H groups in total. The summed E-state index contributed by atoms with van der Waals surface area (Å²) in [5.41, 5.74) is 6.13. The van der Waals surface area contributed by atoms with Gasteiger partial charge in [-0.05, 0) is 37.1 Å². The van der Waals surface area contributed by atoms with E-state index in [0.717, 1.165) is 5.01 Å². The Hall–Kier alpha value is -3.64. The quantitative estimate of drug-likeness (QED) is 0.351. The number of hydrogen-bond donors (Lipinski definition) is 2. The number of benzene rings is 2. The molecular formula is C24H26ClF3N4O5. The lowest BCUT2D eigenvalue weighted by atomic mass is 10.0. The number of rotatable bonds is 10. The number of esters is 1. The number of halogens is 4. The number of nitrogens with zero attached hydrogens (tertiary/aromatic N) is 2. The number of anilines is 1. The molecule has 0 aliphatic carbocycles. The zero-order valence-electron chi connectivity index (χ0n) is 19.8. The molecule has 3 rings (SSSR count). The minimum absolute atomic E-state index is 0. The Morgan fingerprint density at radius 1 is 1.16 bits per heavy atom. The van der Waals surface area contributed by atoms with Crippen molar-refractivity contribution in [2.45, 2.75) is 38.3 Å². The summed E-state index contributed by atoms with van der Waals surface area (Å²) in [7, 11) is 0. The molecule has 0 saturated heterocycles. The standard InChI is InChI=1S/C24H25F3N4O5.ClH/c1-2-35-23(33)13-36-17-5-3-4-16(11-17)30-24(34)21-6-7-29-31(21)22(32)10-15(28)8-14-9-19(26)20(27)12-18(14)25;/h3-5,7,9,11-12,15,21H,2,6,8,10,13,28H2,1H3,(H,30,34);1H/t15-,21?;/m1./s1. The minimum Gasteiger partial charge on any atom is -0.482 e. The van der Waals surface area contributed by atoms with Crippen molar-refractivity contribution in [1.82, 2.24) is 5.01 Å². The maximum atomic E-state index is 13.9. The van der Waals surface area contributed by atoms with Crippen molar-refractivity contribution in [2.75, 3.05) is 18.5 Å². The molecule has 2 amide bonds. The average molecular weight is 543 g/mol. The Morgan fingerprint density at radius 3 is 2.62 bits per heavy atom. The first kappa shape index (κ1) is 29.6. The number of amides is 2. The maximum Gasteiger partial charge on any atom is 0.344 e. The molecule has 0 aromatic heterocycles. The number of hydrazone groups is 1. The van der Waals surface area contributed by atoms with Gasteiger partial charge in [-0.15, -0.1) is 12.4 Å². The van der Waals surface area contributed by atoms with E-state index in [0.29, 0.717) is 23.6 Å². The van der Waals surface area contributed by atoms with Gasteiger partial charge in [0, 0.05) is 42.9 Å².